The first kappa shape index (κ1) is 23.0. The molecule has 3 aromatic rings. The molecule has 2 unspecified atom stereocenters. The van der Waals surface area contributed by atoms with Gasteiger partial charge in [0.05, 0.1) is 17.6 Å². The van der Waals surface area contributed by atoms with Gasteiger partial charge < -0.3 is 22.1 Å². The van der Waals surface area contributed by atoms with Gasteiger partial charge in [0.15, 0.2) is 5.96 Å². The fourth-order valence-corrected chi connectivity index (χ4v) is 4.58. The van der Waals surface area contributed by atoms with E-state index in [0.717, 1.165) is 46.7 Å². The lowest BCUT2D eigenvalue weighted by molar-refractivity contribution is 0.0941. The van der Waals surface area contributed by atoms with Crippen molar-refractivity contribution >= 4 is 44.5 Å². The average molecular weight is 510 g/mol. The molecule has 8 nitrogen and oxygen atoms in total. The molecule has 4 rings (SSSR count). The molecular formula is C24H28BrN7O. The second-order valence-corrected chi connectivity index (χ2v) is 9.20. The van der Waals surface area contributed by atoms with Gasteiger partial charge in [-0.25, -0.2) is 15.0 Å². The number of hydrogen-bond donors (Lipinski definition) is 4. The highest BCUT2D eigenvalue weighted by atomic mass is 79.9. The van der Waals surface area contributed by atoms with E-state index in [0.29, 0.717) is 17.9 Å². The highest BCUT2D eigenvalue weighted by Gasteiger charge is 2.26. The van der Waals surface area contributed by atoms with Gasteiger partial charge in [-0.15, -0.1) is 0 Å². The lowest BCUT2D eigenvalue weighted by atomic mass is 9.90. The molecule has 1 aliphatic carbocycles. The third-order valence-corrected chi connectivity index (χ3v) is 6.59. The maximum atomic E-state index is 13.0. The summed E-state index contributed by atoms with van der Waals surface area (Å²) >= 11 is 3.51. The molecule has 1 heterocycles. The number of benzene rings is 2. The smallest absolute Gasteiger partial charge is 0.289 e. The lowest BCUT2D eigenvalue weighted by Crippen LogP contribution is -2.38. The summed E-state index contributed by atoms with van der Waals surface area (Å²) in [5.74, 6) is 0.498. The van der Waals surface area contributed by atoms with Crippen LogP contribution >= 0.6 is 15.9 Å². The second kappa shape index (κ2) is 10.2. The molecule has 0 spiro atoms. The predicted octanol–water partition coefficient (Wildman–Crippen LogP) is 3.63. The van der Waals surface area contributed by atoms with Crippen molar-refractivity contribution < 1.29 is 4.79 Å². The van der Waals surface area contributed by atoms with Gasteiger partial charge >= 0.3 is 0 Å². The largest absolute Gasteiger partial charge is 0.370 e. The van der Waals surface area contributed by atoms with Crippen LogP contribution in [0, 0.1) is 6.92 Å². The van der Waals surface area contributed by atoms with Crippen LogP contribution < -0.4 is 22.1 Å². The number of aryl methyl sites for hydroxylation is 1. The number of anilines is 1. The summed E-state index contributed by atoms with van der Waals surface area (Å²) < 4.78 is 0.936. The van der Waals surface area contributed by atoms with Crippen LogP contribution in [0.5, 0.6) is 0 Å². The summed E-state index contributed by atoms with van der Waals surface area (Å²) in [5, 5.41) is 7.32. The number of aliphatic imine (C=N–C) groups is 1. The van der Waals surface area contributed by atoms with Crippen molar-refractivity contribution in [2.45, 2.75) is 51.2 Å². The number of amides is 1. The highest BCUT2D eigenvalue weighted by Crippen LogP contribution is 2.28. The SMILES string of the molecule is Cc1ccc2nc(C(=O)NCc3ccccc3Br)nc(NC3CCCCC3N=C(N)N)c2c1. The molecule has 0 radical (unpaired) electrons. The molecule has 172 valence electrons. The van der Waals surface area contributed by atoms with Gasteiger partial charge in [-0.3, -0.25) is 4.79 Å². The van der Waals surface area contributed by atoms with Crippen LogP contribution in [0.15, 0.2) is 51.9 Å². The van der Waals surface area contributed by atoms with E-state index in [9.17, 15) is 4.79 Å². The van der Waals surface area contributed by atoms with E-state index in [1.165, 1.54) is 0 Å². The Morgan fingerprint density at radius 2 is 1.94 bits per heavy atom. The van der Waals surface area contributed by atoms with Gasteiger partial charge in [0.25, 0.3) is 5.91 Å². The monoisotopic (exact) mass is 509 g/mol. The van der Waals surface area contributed by atoms with Gasteiger partial charge in [-0.2, -0.15) is 0 Å². The number of nitrogens with one attached hydrogen (secondary N) is 2. The van der Waals surface area contributed by atoms with Crippen molar-refractivity contribution in [3.63, 3.8) is 0 Å². The molecule has 2 atom stereocenters. The minimum absolute atomic E-state index is 0.0237. The van der Waals surface area contributed by atoms with Gasteiger partial charge in [0.2, 0.25) is 5.82 Å². The van der Waals surface area contributed by atoms with Crippen LogP contribution in [0.4, 0.5) is 5.82 Å². The highest BCUT2D eigenvalue weighted by molar-refractivity contribution is 9.10. The molecule has 0 bridgehead atoms. The molecule has 9 heteroatoms. The average Bonchev–Trinajstić information content (AvgIpc) is 2.79. The molecule has 33 heavy (non-hydrogen) atoms. The zero-order valence-electron chi connectivity index (χ0n) is 18.5. The summed E-state index contributed by atoms with van der Waals surface area (Å²) in [5.41, 5.74) is 14.1. The number of carbonyl (C=O) groups excluding carboxylic acids is 1. The zero-order chi connectivity index (χ0) is 23.4. The molecule has 1 saturated carbocycles. The van der Waals surface area contributed by atoms with Gasteiger partial charge in [0.1, 0.15) is 5.82 Å². The molecule has 1 aromatic heterocycles. The Hall–Kier alpha value is -3.20. The number of nitrogens with zero attached hydrogens (tertiary/aromatic N) is 3. The maximum absolute atomic E-state index is 13.0. The topological polar surface area (TPSA) is 131 Å². The van der Waals surface area contributed by atoms with Crippen molar-refractivity contribution in [2.75, 3.05) is 5.32 Å². The van der Waals surface area contributed by atoms with Crippen LogP contribution in [0.2, 0.25) is 0 Å². The van der Waals surface area contributed by atoms with E-state index in [4.69, 9.17) is 11.5 Å². The molecule has 6 N–H and O–H groups in total. The molecular weight excluding hydrogens is 482 g/mol. The Kier molecular flexibility index (Phi) is 7.08. The number of fused-ring (bicyclic) bond motifs is 1. The predicted molar refractivity (Wildman–Crippen MR) is 135 cm³/mol. The minimum Gasteiger partial charge on any atom is -0.370 e. The number of rotatable bonds is 6. The van der Waals surface area contributed by atoms with E-state index in [-0.39, 0.29) is 29.8 Å². The molecule has 0 aliphatic heterocycles. The Bertz CT molecular complexity index is 1190. The summed E-state index contributed by atoms with van der Waals surface area (Å²) in [6.07, 6.45) is 3.97. The molecule has 1 aliphatic rings. The molecule has 2 aromatic carbocycles. The number of halogens is 1. The third kappa shape index (κ3) is 5.60. The third-order valence-electron chi connectivity index (χ3n) is 5.82. The first-order chi connectivity index (χ1) is 15.9. The number of carbonyl (C=O) groups is 1. The number of guanidine groups is 1. The second-order valence-electron chi connectivity index (χ2n) is 8.35. The van der Waals surface area contributed by atoms with Gasteiger partial charge in [-0.05, 0) is 43.5 Å². The summed E-state index contributed by atoms with van der Waals surface area (Å²) in [6.45, 7) is 2.39. The van der Waals surface area contributed by atoms with Crippen LogP contribution in [0.1, 0.15) is 47.4 Å². The van der Waals surface area contributed by atoms with Crippen molar-refractivity contribution in [3.05, 3.63) is 63.9 Å². The van der Waals surface area contributed by atoms with Crippen molar-refractivity contribution in [2.24, 2.45) is 16.5 Å². The van der Waals surface area contributed by atoms with E-state index < -0.39 is 0 Å². The quantitative estimate of drug-likeness (QED) is 0.296. The van der Waals surface area contributed by atoms with Crippen molar-refractivity contribution in [1.29, 1.82) is 0 Å². The first-order valence-corrected chi connectivity index (χ1v) is 11.9. The van der Waals surface area contributed by atoms with E-state index in [2.05, 4.69) is 41.5 Å². The first-order valence-electron chi connectivity index (χ1n) is 11.1. The Labute approximate surface area is 201 Å². The normalized spacial score (nSPS) is 18.0. The number of hydrogen-bond acceptors (Lipinski definition) is 5. The lowest BCUT2D eigenvalue weighted by Gasteiger charge is -2.30. The van der Waals surface area contributed by atoms with Crippen molar-refractivity contribution in [1.82, 2.24) is 15.3 Å². The van der Waals surface area contributed by atoms with Gasteiger partial charge in [-0.1, -0.05) is 58.6 Å². The Balaban J connectivity index is 1.63. The fraction of sp³-hybridized carbons (Fsp3) is 0.333. The zero-order valence-corrected chi connectivity index (χ0v) is 20.1. The van der Waals surface area contributed by atoms with E-state index >= 15 is 0 Å². The standard InChI is InChI=1S/C24H28BrN7O/c1-14-10-11-18-16(12-14)21(30-19-8-4-5-9-20(19)31-24(26)27)32-22(29-18)23(33)28-13-15-6-2-3-7-17(15)25/h2-3,6-7,10-12,19-20H,4-5,8-9,13H2,1H3,(H,28,33)(H4,26,27,31)(H,29,30,32). The number of aromatic nitrogens is 2. The summed E-state index contributed by atoms with van der Waals surface area (Å²) in [4.78, 5) is 26.5. The minimum atomic E-state index is -0.333. The maximum Gasteiger partial charge on any atom is 0.289 e. The van der Waals surface area contributed by atoms with Crippen LogP contribution in [0.25, 0.3) is 10.9 Å². The number of nitrogens with two attached hydrogens (primary N) is 2. The Morgan fingerprint density at radius 3 is 2.73 bits per heavy atom. The molecule has 0 saturated heterocycles. The summed E-state index contributed by atoms with van der Waals surface area (Å²) in [6, 6.07) is 13.7. The van der Waals surface area contributed by atoms with Crippen molar-refractivity contribution in [3.8, 4) is 0 Å². The van der Waals surface area contributed by atoms with Crippen LogP contribution in [0.3, 0.4) is 0 Å². The fourth-order valence-electron chi connectivity index (χ4n) is 4.15. The van der Waals surface area contributed by atoms with Crippen LogP contribution in [-0.4, -0.2) is 33.9 Å². The molecule has 1 fully saturated rings. The Morgan fingerprint density at radius 1 is 1.15 bits per heavy atom. The molecule has 1 amide bonds. The van der Waals surface area contributed by atoms with Gasteiger partial charge in [0, 0.05) is 16.4 Å². The summed E-state index contributed by atoms with van der Waals surface area (Å²) in [7, 11) is 0. The van der Waals surface area contributed by atoms with Crippen LogP contribution in [-0.2, 0) is 6.54 Å². The van der Waals surface area contributed by atoms with E-state index in [1.54, 1.807) is 0 Å². The van der Waals surface area contributed by atoms with E-state index in [1.807, 2.05) is 49.4 Å².